The lowest BCUT2D eigenvalue weighted by Gasteiger charge is -2.36. The fourth-order valence-corrected chi connectivity index (χ4v) is 4.86. The zero-order chi connectivity index (χ0) is 19.2. The second-order valence-corrected chi connectivity index (χ2v) is 9.66. The van der Waals surface area contributed by atoms with Gasteiger partial charge in [-0.05, 0) is 18.9 Å². The Morgan fingerprint density at radius 1 is 1.19 bits per heavy atom. The van der Waals surface area contributed by atoms with Gasteiger partial charge in [-0.1, -0.05) is 0 Å². The summed E-state index contributed by atoms with van der Waals surface area (Å²) in [4.78, 5) is 27.3. The fourth-order valence-electron chi connectivity index (χ4n) is 3.65. The summed E-state index contributed by atoms with van der Waals surface area (Å²) >= 11 is 0. The van der Waals surface area contributed by atoms with Crippen LogP contribution in [0.1, 0.15) is 23.2 Å². The number of anilines is 1. The van der Waals surface area contributed by atoms with E-state index in [1.54, 1.807) is 0 Å². The third-order valence-electron chi connectivity index (χ3n) is 5.45. The number of carbonyl (C=O) groups excluding carboxylic acids is 1. The Balaban J connectivity index is 1.65. The summed E-state index contributed by atoms with van der Waals surface area (Å²) in [6.07, 6.45) is 1.90. The number of carbonyl (C=O) groups is 1. The van der Waals surface area contributed by atoms with Crippen LogP contribution < -0.4 is 4.90 Å². The van der Waals surface area contributed by atoms with Crippen LogP contribution in [0, 0.1) is 10.1 Å². The van der Waals surface area contributed by atoms with Gasteiger partial charge in [0.05, 0.1) is 39.9 Å². The van der Waals surface area contributed by atoms with E-state index in [0.29, 0.717) is 30.9 Å². The third kappa shape index (κ3) is 3.63. The molecule has 1 spiro atoms. The number of nitrogens with zero attached hydrogens (tertiary/aromatic N) is 3. The first-order valence-corrected chi connectivity index (χ1v) is 10.8. The van der Waals surface area contributed by atoms with Gasteiger partial charge in [0, 0.05) is 38.3 Å². The van der Waals surface area contributed by atoms with Crippen molar-refractivity contribution in [3.8, 4) is 0 Å². The number of rotatable bonds is 3. The molecule has 0 bridgehead atoms. The van der Waals surface area contributed by atoms with Crippen LogP contribution in [0.2, 0.25) is 0 Å². The number of hydrogen-bond acceptors (Lipinski definition) is 7. The maximum Gasteiger partial charge on any atom is 0.271 e. The number of nitro benzene ring substituents is 1. The average molecular weight is 395 g/mol. The lowest BCUT2D eigenvalue weighted by molar-refractivity contribution is -0.384. The van der Waals surface area contributed by atoms with E-state index in [1.807, 2.05) is 4.90 Å². The lowest BCUT2D eigenvalue weighted by atomic mass is 10.1. The van der Waals surface area contributed by atoms with Crippen molar-refractivity contribution in [2.75, 3.05) is 49.2 Å². The first kappa shape index (κ1) is 18.2. The largest absolute Gasteiger partial charge is 0.371 e. The predicted molar refractivity (Wildman–Crippen MR) is 97.8 cm³/mol. The number of ether oxygens (including phenoxy) is 1. The predicted octanol–water partition coefficient (Wildman–Crippen LogP) is 0.835. The second-order valence-electron chi connectivity index (χ2n) is 7.36. The molecule has 0 unspecified atom stereocenters. The third-order valence-corrected chi connectivity index (χ3v) is 7.06. The molecular weight excluding hydrogens is 374 g/mol. The van der Waals surface area contributed by atoms with Crippen LogP contribution in [0.4, 0.5) is 11.4 Å². The van der Waals surface area contributed by atoms with Crippen LogP contribution >= 0.6 is 0 Å². The average Bonchev–Trinajstić information content (AvgIpc) is 3.39. The van der Waals surface area contributed by atoms with E-state index in [0.717, 1.165) is 12.8 Å². The van der Waals surface area contributed by atoms with Crippen LogP contribution in [0.5, 0.6) is 0 Å². The van der Waals surface area contributed by atoms with Crippen LogP contribution in [-0.4, -0.2) is 74.0 Å². The number of morpholine rings is 1. The Morgan fingerprint density at radius 2 is 1.89 bits per heavy atom. The van der Waals surface area contributed by atoms with Crippen LogP contribution in [-0.2, 0) is 14.6 Å². The van der Waals surface area contributed by atoms with E-state index in [1.165, 1.54) is 23.1 Å². The number of hydrogen-bond donors (Lipinski definition) is 0. The molecule has 1 aromatic rings. The maximum absolute atomic E-state index is 13.0. The summed E-state index contributed by atoms with van der Waals surface area (Å²) in [5, 5.41) is 11.2. The zero-order valence-electron chi connectivity index (χ0n) is 14.8. The highest BCUT2D eigenvalue weighted by Crippen LogP contribution is 2.43. The molecule has 9 nitrogen and oxygen atoms in total. The van der Waals surface area contributed by atoms with Crippen molar-refractivity contribution in [1.82, 2.24) is 4.90 Å². The first-order chi connectivity index (χ1) is 12.8. The normalized spacial score (nSPS) is 23.3. The molecule has 0 aromatic heterocycles. The summed E-state index contributed by atoms with van der Waals surface area (Å²) in [5.41, 5.74) is 0.636. The lowest BCUT2D eigenvalue weighted by Crippen LogP contribution is -2.46. The standard InChI is InChI=1S/C17H21N3O6S/c21-16(18-6-9-27(24,25)10-7-18)14-2-1-13(20(22)23)11-15(14)19-5-8-26-17(12-19)3-4-17/h1-2,11H,3-10,12H2. The molecule has 3 fully saturated rings. The summed E-state index contributed by atoms with van der Waals surface area (Å²) in [6, 6.07) is 4.24. The Hall–Kier alpha value is -2.20. The van der Waals surface area contributed by atoms with E-state index in [2.05, 4.69) is 0 Å². The Labute approximate surface area is 157 Å². The molecule has 0 N–H and O–H groups in total. The molecule has 0 atom stereocenters. The van der Waals surface area contributed by atoms with Crippen molar-refractivity contribution in [3.05, 3.63) is 33.9 Å². The molecular formula is C17H21N3O6S. The van der Waals surface area contributed by atoms with E-state index in [9.17, 15) is 23.3 Å². The SMILES string of the molecule is O=C(c1ccc([N+](=O)[O-])cc1N1CCOC2(CC2)C1)N1CCS(=O)(=O)CC1. The molecule has 0 radical (unpaired) electrons. The van der Waals surface area contributed by atoms with Gasteiger partial charge in [0.15, 0.2) is 9.84 Å². The van der Waals surface area contributed by atoms with Crippen LogP contribution in [0.15, 0.2) is 18.2 Å². The number of nitro groups is 1. The molecule has 1 amide bonds. The van der Waals surface area contributed by atoms with Gasteiger partial charge in [-0.15, -0.1) is 0 Å². The first-order valence-electron chi connectivity index (χ1n) is 8.96. The molecule has 1 aromatic carbocycles. The van der Waals surface area contributed by atoms with Crippen molar-refractivity contribution >= 4 is 27.1 Å². The van der Waals surface area contributed by atoms with Crippen LogP contribution in [0.25, 0.3) is 0 Å². The highest BCUT2D eigenvalue weighted by Gasteiger charge is 2.48. The van der Waals surface area contributed by atoms with E-state index in [-0.39, 0.29) is 41.8 Å². The molecule has 1 saturated carbocycles. The Bertz CT molecular complexity index is 882. The zero-order valence-corrected chi connectivity index (χ0v) is 15.6. The summed E-state index contributed by atoms with van der Waals surface area (Å²) < 4.78 is 29.1. The second kappa shape index (κ2) is 6.45. The minimum absolute atomic E-state index is 0.0538. The van der Waals surface area contributed by atoms with Gasteiger partial charge < -0.3 is 14.5 Å². The van der Waals surface area contributed by atoms with Crippen molar-refractivity contribution in [2.45, 2.75) is 18.4 Å². The van der Waals surface area contributed by atoms with E-state index < -0.39 is 14.8 Å². The van der Waals surface area contributed by atoms with Gasteiger partial charge in [-0.2, -0.15) is 0 Å². The van der Waals surface area contributed by atoms with Gasteiger partial charge in [-0.3, -0.25) is 14.9 Å². The minimum Gasteiger partial charge on any atom is -0.371 e. The molecule has 2 aliphatic heterocycles. The van der Waals surface area contributed by atoms with E-state index >= 15 is 0 Å². The monoisotopic (exact) mass is 395 g/mol. The fraction of sp³-hybridized carbons (Fsp3) is 0.588. The number of sulfone groups is 1. The summed E-state index contributed by atoms with van der Waals surface area (Å²) in [6.45, 7) is 1.95. The Kier molecular flexibility index (Phi) is 4.34. The maximum atomic E-state index is 13.0. The smallest absolute Gasteiger partial charge is 0.271 e. The number of amides is 1. The molecule has 3 aliphatic rings. The molecule has 10 heteroatoms. The van der Waals surface area contributed by atoms with Gasteiger partial charge in [0.2, 0.25) is 0 Å². The van der Waals surface area contributed by atoms with Gasteiger partial charge in [0.25, 0.3) is 11.6 Å². The van der Waals surface area contributed by atoms with Gasteiger partial charge in [-0.25, -0.2) is 8.42 Å². The van der Waals surface area contributed by atoms with Crippen molar-refractivity contribution in [1.29, 1.82) is 0 Å². The number of benzene rings is 1. The molecule has 2 heterocycles. The van der Waals surface area contributed by atoms with Gasteiger partial charge >= 0.3 is 0 Å². The molecule has 4 rings (SSSR count). The van der Waals surface area contributed by atoms with Crippen molar-refractivity contribution in [3.63, 3.8) is 0 Å². The van der Waals surface area contributed by atoms with Crippen molar-refractivity contribution in [2.24, 2.45) is 0 Å². The topological polar surface area (TPSA) is 110 Å². The van der Waals surface area contributed by atoms with E-state index in [4.69, 9.17) is 4.74 Å². The van der Waals surface area contributed by atoms with Crippen LogP contribution in [0.3, 0.4) is 0 Å². The molecule has 2 saturated heterocycles. The van der Waals surface area contributed by atoms with Gasteiger partial charge in [0.1, 0.15) is 0 Å². The number of non-ortho nitro benzene ring substituents is 1. The molecule has 1 aliphatic carbocycles. The minimum atomic E-state index is -3.10. The highest BCUT2D eigenvalue weighted by atomic mass is 32.2. The molecule has 27 heavy (non-hydrogen) atoms. The molecule has 146 valence electrons. The Morgan fingerprint density at radius 3 is 2.52 bits per heavy atom. The highest BCUT2D eigenvalue weighted by molar-refractivity contribution is 7.91. The summed E-state index contributed by atoms with van der Waals surface area (Å²) in [7, 11) is -3.10. The summed E-state index contributed by atoms with van der Waals surface area (Å²) in [5.74, 6) is -0.394. The quantitative estimate of drug-likeness (QED) is 0.551. The van der Waals surface area contributed by atoms with Crippen molar-refractivity contribution < 1.29 is 22.9 Å².